The number of nitrogens with zero attached hydrogens (tertiary/aromatic N) is 1. The minimum absolute atomic E-state index is 0.0635. The molecule has 0 saturated heterocycles. The van der Waals surface area contributed by atoms with Crippen molar-refractivity contribution in [3.05, 3.63) is 53.9 Å². The van der Waals surface area contributed by atoms with Gasteiger partial charge < -0.3 is 15.8 Å². The highest BCUT2D eigenvalue weighted by atomic mass is 16.5. The number of nitrogens with two attached hydrogens (primary N) is 1. The zero-order valence-corrected chi connectivity index (χ0v) is 12.2. The van der Waals surface area contributed by atoms with Gasteiger partial charge in [0.15, 0.2) is 0 Å². The van der Waals surface area contributed by atoms with Crippen LogP contribution in [0, 0.1) is 0 Å². The molecule has 110 valence electrons. The quantitative estimate of drug-likeness (QED) is 0.855. The zero-order chi connectivity index (χ0) is 15.2. The number of hydrogen-bond donors (Lipinski definition) is 2. The van der Waals surface area contributed by atoms with Crippen LogP contribution in [0.5, 0.6) is 5.75 Å². The molecule has 0 fully saturated rings. The van der Waals surface area contributed by atoms with Crippen molar-refractivity contribution in [2.75, 3.05) is 11.9 Å². The van der Waals surface area contributed by atoms with Gasteiger partial charge in [0.25, 0.3) is 5.91 Å². The van der Waals surface area contributed by atoms with Gasteiger partial charge >= 0.3 is 0 Å². The number of carbonyl (C=O) groups is 1. The van der Waals surface area contributed by atoms with Crippen molar-refractivity contribution >= 4 is 11.6 Å². The van der Waals surface area contributed by atoms with Crippen LogP contribution >= 0.6 is 0 Å². The molecule has 0 aliphatic heterocycles. The van der Waals surface area contributed by atoms with Gasteiger partial charge in [-0.2, -0.15) is 0 Å². The fourth-order valence-electron chi connectivity index (χ4n) is 2.03. The third-order valence-corrected chi connectivity index (χ3v) is 3.06. The highest BCUT2D eigenvalue weighted by molar-refractivity contribution is 5.91. The largest absolute Gasteiger partial charge is 0.494 e. The van der Waals surface area contributed by atoms with Crippen molar-refractivity contribution in [1.82, 2.24) is 4.98 Å². The summed E-state index contributed by atoms with van der Waals surface area (Å²) in [6, 6.07) is 11.4. The molecular formula is C16H19N3O2. The first-order valence-corrected chi connectivity index (χ1v) is 6.85. The van der Waals surface area contributed by atoms with Gasteiger partial charge in [0.05, 0.1) is 6.61 Å². The van der Waals surface area contributed by atoms with Crippen LogP contribution in [0.4, 0.5) is 5.69 Å². The Bertz CT molecular complexity index is 628. The SMILES string of the molecule is CCOc1cccc([C@H](C)Nc2ccnc(C(N)=O)c2)c1. The van der Waals surface area contributed by atoms with E-state index < -0.39 is 5.91 Å². The van der Waals surface area contributed by atoms with Crippen LogP contribution in [0.3, 0.4) is 0 Å². The Labute approximate surface area is 124 Å². The number of primary amides is 1. The summed E-state index contributed by atoms with van der Waals surface area (Å²) in [5.74, 6) is 0.306. The van der Waals surface area contributed by atoms with Crippen LogP contribution in [0.25, 0.3) is 0 Å². The topological polar surface area (TPSA) is 77.2 Å². The predicted octanol–water partition coefficient (Wildman–Crippen LogP) is 2.75. The van der Waals surface area contributed by atoms with Gasteiger partial charge in [-0.1, -0.05) is 12.1 Å². The van der Waals surface area contributed by atoms with E-state index in [0.29, 0.717) is 6.61 Å². The van der Waals surface area contributed by atoms with E-state index >= 15 is 0 Å². The molecule has 1 heterocycles. The smallest absolute Gasteiger partial charge is 0.267 e. The molecule has 2 rings (SSSR count). The lowest BCUT2D eigenvalue weighted by Crippen LogP contribution is -2.14. The van der Waals surface area contributed by atoms with Crippen molar-refractivity contribution < 1.29 is 9.53 Å². The Hall–Kier alpha value is -2.56. The Balaban J connectivity index is 2.13. The molecule has 0 saturated carbocycles. The zero-order valence-electron chi connectivity index (χ0n) is 12.2. The number of pyridine rings is 1. The first kappa shape index (κ1) is 14.8. The van der Waals surface area contributed by atoms with E-state index in [0.717, 1.165) is 17.0 Å². The molecule has 21 heavy (non-hydrogen) atoms. The van der Waals surface area contributed by atoms with Crippen molar-refractivity contribution in [2.24, 2.45) is 5.73 Å². The van der Waals surface area contributed by atoms with E-state index in [1.165, 1.54) is 0 Å². The van der Waals surface area contributed by atoms with Crippen molar-refractivity contribution in [3.63, 3.8) is 0 Å². The van der Waals surface area contributed by atoms with Gasteiger partial charge in [0, 0.05) is 17.9 Å². The summed E-state index contributed by atoms with van der Waals surface area (Å²) in [5, 5.41) is 3.32. The highest BCUT2D eigenvalue weighted by Gasteiger charge is 2.08. The molecule has 1 atom stereocenters. The number of amides is 1. The lowest BCUT2D eigenvalue weighted by molar-refractivity contribution is 0.0995. The number of hydrogen-bond acceptors (Lipinski definition) is 4. The van der Waals surface area contributed by atoms with Gasteiger partial charge in [0.1, 0.15) is 11.4 Å². The maximum Gasteiger partial charge on any atom is 0.267 e. The summed E-state index contributed by atoms with van der Waals surface area (Å²) < 4.78 is 5.50. The second kappa shape index (κ2) is 6.74. The number of carbonyl (C=O) groups excluding carboxylic acids is 1. The van der Waals surface area contributed by atoms with Gasteiger partial charge in [-0.25, -0.2) is 0 Å². The van der Waals surface area contributed by atoms with Crippen LogP contribution < -0.4 is 15.8 Å². The van der Waals surface area contributed by atoms with Crippen LogP contribution in [-0.4, -0.2) is 17.5 Å². The second-order valence-electron chi connectivity index (χ2n) is 4.67. The molecule has 0 aliphatic rings. The molecule has 1 aromatic carbocycles. The molecular weight excluding hydrogens is 266 g/mol. The monoisotopic (exact) mass is 285 g/mol. The van der Waals surface area contributed by atoms with E-state index in [-0.39, 0.29) is 11.7 Å². The molecule has 2 aromatic rings. The van der Waals surface area contributed by atoms with Crippen molar-refractivity contribution in [3.8, 4) is 5.75 Å². The summed E-state index contributed by atoms with van der Waals surface area (Å²) in [4.78, 5) is 15.1. The minimum Gasteiger partial charge on any atom is -0.494 e. The molecule has 0 aliphatic carbocycles. The van der Waals surface area contributed by atoms with Crippen LogP contribution in [0.1, 0.15) is 35.9 Å². The molecule has 1 amide bonds. The minimum atomic E-state index is -0.537. The number of benzene rings is 1. The maximum absolute atomic E-state index is 11.1. The predicted molar refractivity (Wildman–Crippen MR) is 82.4 cm³/mol. The van der Waals surface area contributed by atoms with E-state index in [1.807, 2.05) is 38.1 Å². The fraction of sp³-hybridized carbons (Fsp3) is 0.250. The normalized spacial score (nSPS) is 11.7. The fourth-order valence-corrected chi connectivity index (χ4v) is 2.03. The number of ether oxygens (including phenoxy) is 1. The molecule has 3 N–H and O–H groups in total. The van der Waals surface area contributed by atoms with Crippen LogP contribution in [0.15, 0.2) is 42.6 Å². The van der Waals surface area contributed by atoms with Crippen molar-refractivity contribution in [1.29, 1.82) is 0 Å². The summed E-state index contributed by atoms with van der Waals surface area (Å²) in [5.41, 5.74) is 7.37. The van der Waals surface area contributed by atoms with Gasteiger partial charge in [-0.3, -0.25) is 9.78 Å². The van der Waals surface area contributed by atoms with E-state index in [1.54, 1.807) is 18.3 Å². The van der Waals surface area contributed by atoms with Gasteiger partial charge in [-0.15, -0.1) is 0 Å². The number of anilines is 1. The third kappa shape index (κ3) is 3.95. The summed E-state index contributed by atoms with van der Waals surface area (Å²) in [6.07, 6.45) is 1.56. The van der Waals surface area contributed by atoms with E-state index in [2.05, 4.69) is 10.3 Å². The summed E-state index contributed by atoms with van der Waals surface area (Å²) in [6.45, 7) is 4.63. The number of nitrogens with one attached hydrogen (secondary N) is 1. The lowest BCUT2D eigenvalue weighted by atomic mass is 10.1. The first-order valence-electron chi connectivity index (χ1n) is 6.85. The van der Waals surface area contributed by atoms with Crippen LogP contribution in [0.2, 0.25) is 0 Å². The maximum atomic E-state index is 11.1. The Morgan fingerprint density at radius 3 is 2.90 bits per heavy atom. The Kier molecular flexibility index (Phi) is 4.77. The summed E-state index contributed by atoms with van der Waals surface area (Å²) >= 11 is 0. The van der Waals surface area contributed by atoms with E-state index in [9.17, 15) is 4.79 Å². The van der Waals surface area contributed by atoms with Gasteiger partial charge in [0.2, 0.25) is 0 Å². The first-order chi connectivity index (χ1) is 10.1. The lowest BCUT2D eigenvalue weighted by Gasteiger charge is -2.17. The average molecular weight is 285 g/mol. The molecule has 5 nitrogen and oxygen atoms in total. The Morgan fingerprint density at radius 2 is 2.19 bits per heavy atom. The van der Waals surface area contributed by atoms with E-state index in [4.69, 9.17) is 10.5 Å². The standard InChI is InChI=1S/C16H19N3O2/c1-3-21-14-6-4-5-12(9-14)11(2)19-13-7-8-18-15(10-13)16(17)20/h4-11H,3H2,1-2H3,(H2,17,20)(H,18,19)/t11-/m0/s1. The molecule has 0 unspecified atom stereocenters. The molecule has 0 spiro atoms. The summed E-state index contributed by atoms with van der Waals surface area (Å²) in [7, 11) is 0. The molecule has 0 bridgehead atoms. The molecule has 5 heteroatoms. The number of aromatic nitrogens is 1. The molecule has 1 aromatic heterocycles. The number of rotatable bonds is 6. The molecule has 0 radical (unpaired) electrons. The second-order valence-corrected chi connectivity index (χ2v) is 4.67. The third-order valence-electron chi connectivity index (χ3n) is 3.06. The highest BCUT2D eigenvalue weighted by Crippen LogP contribution is 2.23. The average Bonchev–Trinajstić information content (AvgIpc) is 2.48. The Morgan fingerprint density at radius 1 is 1.38 bits per heavy atom. The van der Waals surface area contributed by atoms with Crippen LogP contribution in [-0.2, 0) is 0 Å². The van der Waals surface area contributed by atoms with Crippen molar-refractivity contribution in [2.45, 2.75) is 19.9 Å². The van der Waals surface area contributed by atoms with Gasteiger partial charge in [-0.05, 0) is 43.7 Å².